The molecule has 2 fully saturated rings. The Labute approximate surface area is 106 Å². The minimum absolute atomic E-state index is 0.111. The Kier molecular flexibility index (Phi) is 5.26. The van der Waals surface area contributed by atoms with Crippen LogP contribution in [0, 0.1) is 11.8 Å². The summed E-state index contributed by atoms with van der Waals surface area (Å²) >= 11 is 0. The molecule has 0 aromatic heterocycles. The van der Waals surface area contributed by atoms with Gasteiger partial charge in [0.25, 0.3) is 0 Å². The van der Waals surface area contributed by atoms with Crippen LogP contribution < -0.4 is 5.32 Å². The van der Waals surface area contributed by atoms with Crippen LogP contribution in [0.1, 0.15) is 39.0 Å². The molecule has 0 aliphatic carbocycles. The molecule has 0 amide bonds. The maximum Gasteiger partial charge on any atom is 0.0541 e. The third-order valence-electron chi connectivity index (χ3n) is 4.57. The highest BCUT2D eigenvalue weighted by Crippen LogP contribution is 2.22. The molecule has 0 bridgehead atoms. The highest BCUT2D eigenvalue weighted by atomic mass is 16.3. The molecule has 2 aliphatic rings. The number of nitrogens with one attached hydrogen (secondary N) is 1. The van der Waals surface area contributed by atoms with Crippen LogP contribution in [0.4, 0.5) is 0 Å². The predicted octanol–water partition coefficient (Wildman–Crippen LogP) is 1.47. The molecule has 2 atom stereocenters. The van der Waals surface area contributed by atoms with Crippen molar-refractivity contribution in [3.05, 3.63) is 0 Å². The van der Waals surface area contributed by atoms with E-state index in [-0.39, 0.29) is 6.10 Å². The summed E-state index contributed by atoms with van der Waals surface area (Å²) in [6.45, 7) is 8.03. The number of piperidine rings is 2. The molecule has 100 valence electrons. The van der Waals surface area contributed by atoms with Gasteiger partial charge in [0, 0.05) is 0 Å². The molecule has 0 aromatic rings. The number of hydrogen-bond donors (Lipinski definition) is 2. The lowest BCUT2D eigenvalue weighted by atomic mass is 9.91. The van der Waals surface area contributed by atoms with Gasteiger partial charge in [0.05, 0.1) is 6.10 Å². The molecule has 2 unspecified atom stereocenters. The Morgan fingerprint density at radius 3 is 2.65 bits per heavy atom. The molecular formula is C14H28N2O. The molecule has 2 saturated heterocycles. The summed E-state index contributed by atoms with van der Waals surface area (Å²) in [4.78, 5) is 2.59. The number of rotatable bonds is 4. The fourth-order valence-corrected chi connectivity index (χ4v) is 3.19. The zero-order chi connectivity index (χ0) is 12.1. The standard InChI is InChI=1S/C14H28N2O/c1-12(17)14-5-9-16(10-6-14)8-4-13-3-2-7-15-11-13/h12-15,17H,2-11H2,1H3. The van der Waals surface area contributed by atoms with E-state index in [1.807, 2.05) is 6.92 Å². The average molecular weight is 240 g/mol. The van der Waals surface area contributed by atoms with Crippen molar-refractivity contribution in [1.29, 1.82) is 0 Å². The second-order valence-electron chi connectivity index (χ2n) is 5.92. The van der Waals surface area contributed by atoms with Gasteiger partial charge < -0.3 is 15.3 Å². The van der Waals surface area contributed by atoms with E-state index in [1.54, 1.807) is 0 Å². The summed E-state index contributed by atoms with van der Waals surface area (Å²) in [6, 6.07) is 0. The minimum Gasteiger partial charge on any atom is -0.393 e. The van der Waals surface area contributed by atoms with Gasteiger partial charge in [0.2, 0.25) is 0 Å². The number of hydrogen-bond acceptors (Lipinski definition) is 3. The lowest BCUT2D eigenvalue weighted by Crippen LogP contribution is -2.39. The van der Waals surface area contributed by atoms with E-state index in [9.17, 15) is 5.11 Å². The molecule has 3 heteroatoms. The summed E-state index contributed by atoms with van der Waals surface area (Å²) in [5, 5.41) is 13.1. The van der Waals surface area contributed by atoms with Gasteiger partial charge in [-0.1, -0.05) is 0 Å². The second-order valence-corrected chi connectivity index (χ2v) is 5.92. The van der Waals surface area contributed by atoms with Gasteiger partial charge in [-0.25, -0.2) is 0 Å². The van der Waals surface area contributed by atoms with E-state index in [0.717, 1.165) is 5.92 Å². The molecule has 0 saturated carbocycles. The van der Waals surface area contributed by atoms with Crippen molar-refractivity contribution in [2.45, 2.75) is 45.1 Å². The fraction of sp³-hybridized carbons (Fsp3) is 1.00. The van der Waals surface area contributed by atoms with Gasteiger partial charge in [-0.3, -0.25) is 0 Å². The van der Waals surface area contributed by atoms with Gasteiger partial charge in [0.1, 0.15) is 0 Å². The largest absolute Gasteiger partial charge is 0.393 e. The lowest BCUT2D eigenvalue weighted by molar-refractivity contribution is 0.0695. The van der Waals surface area contributed by atoms with Crippen molar-refractivity contribution < 1.29 is 5.11 Å². The Morgan fingerprint density at radius 1 is 1.29 bits per heavy atom. The van der Waals surface area contributed by atoms with E-state index in [0.29, 0.717) is 5.92 Å². The topological polar surface area (TPSA) is 35.5 Å². The fourth-order valence-electron chi connectivity index (χ4n) is 3.19. The summed E-state index contributed by atoms with van der Waals surface area (Å²) in [6.07, 6.45) is 6.37. The highest BCUT2D eigenvalue weighted by molar-refractivity contribution is 4.77. The lowest BCUT2D eigenvalue weighted by Gasteiger charge is -2.34. The maximum atomic E-state index is 9.57. The smallest absolute Gasteiger partial charge is 0.0541 e. The van der Waals surface area contributed by atoms with Gasteiger partial charge in [-0.05, 0) is 83.6 Å². The molecule has 2 N–H and O–H groups in total. The summed E-state index contributed by atoms with van der Waals surface area (Å²) < 4.78 is 0. The SMILES string of the molecule is CC(O)C1CCN(CCC2CCCNC2)CC1. The molecular weight excluding hydrogens is 212 g/mol. The van der Waals surface area contributed by atoms with Crippen LogP contribution in [0.25, 0.3) is 0 Å². The highest BCUT2D eigenvalue weighted by Gasteiger charge is 2.23. The van der Waals surface area contributed by atoms with Crippen LogP contribution in [0.2, 0.25) is 0 Å². The van der Waals surface area contributed by atoms with E-state index >= 15 is 0 Å². The molecule has 0 aromatic carbocycles. The average Bonchev–Trinajstić information content (AvgIpc) is 2.38. The quantitative estimate of drug-likeness (QED) is 0.781. The molecule has 17 heavy (non-hydrogen) atoms. The van der Waals surface area contributed by atoms with Gasteiger partial charge in [-0.15, -0.1) is 0 Å². The molecule has 0 spiro atoms. The van der Waals surface area contributed by atoms with E-state index < -0.39 is 0 Å². The number of nitrogens with zero attached hydrogens (tertiary/aromatic N) is 1. The second kappa shape index (κ2) is 6.72. The third kappa shape index (κ3) is 4.23. The van der Waals surface area contributed by atoms with Crippen LogP contribution in [0.15, 0.2) is 0 Å². The number of likely N-dealkylation sites (tertiary alicyclic amines) is 1. The minimum atomic E-state index is -0.111. The third-order valence-corrected chi connectivity index (χ3v) is 4.57. The van der Waals surface area contributed by atoms with Crippen LogP contribution in [-0.4, -0.2) is 48.8 Å². The van der Waals surface area contributed by atoms with Crippen LogP contribution >= 0.6 is 0 Å². The zero-order valence-corrected chi connectivity index (χ0v) is 11.2. The first kappa shape index (κ1) is 13.3. The molecule has 3 nitrogen and oxygen atoms in total. The van der Waals surface area contributed by atoms with Crippen molar-refractivity contribution in [2.75, 3.05) is 32.7 Å². The zero-order valence-electron chi connectivity index (χ0n) is 11.2. The molecule has 2 aliphatic heterocycles. The van der Waals surface area contributed by atoms with Crippen molar-refractivity contribution in [2.24, 2.45) is 11.8 Å². The molecule has 2 rings (SSSR count). The Bertz CT molecular complexity index is 206. The van der Waals surface area contributed by atoms with Crippen LogP contribution in [-0.2, 0) is 0 Å². The maximum absolute atomic E-state index is 9.57. The molecule has 0 radical (unpaired) electrons. The number of aliphatic hydroxyl groups excluding tert-OH is 1. The predicted molar refractivity (Wildman–Crippen MR) is 71.1 cm³/mol. The van der Waals surface area contributed by atoms with Crippen molar-refractivity contribution in [3.8, 4) is 0 Å². The van der Waals surface area contributed by atoms with Crippen LogP contribution in [0.5, 0.6) is 0 Å². The Balaban J connectivity index is 1.61. The number of aliphatic hydroxyl groups is 1. The first-order valence-electron chi connectivity index (χ1n) is 7.37. The first-order valence-corrected chi connectivity index (χ1v) is 7.37. The Morgan fingerprint density at radius 2 is 2.06 bits per heavy atom. The van der Waals surface area contributed by atoms with Gasteiger partial charge in [-0.2, -0.15) is 0 Å². The van der Waals surface area contributed by atoms with Crippen LogP contribution in [0.3, 0.4) is 0 Å². The molecule has 2 heterocycles. The summed E-state index contributed by atoms with van der Waals surface area (Å²) in [7, 11) is 0. The van der Waals surface area contributed by atoms with Gasteiger partial charge >= 0.3 is 0 Å². The summed E-state index contributed by atoms with van der Waals surface area (Å²) in [5.41, 5.74) is 0. The van der Waals surface area contributed by atoms with Crippen molar-refractivity contribution in [3.63, 3.8) is 0 Å². The first-order chi connectivity index (χ1) is 8.25. The Hall–Kier alpha value is -0.120. The normalized spacial score (nSPS) is 30.4. The monoisotopic (exact) mass is 240 g/mol. The van der Waals surface area contributed by atoms with E-state index in [1.165, 1.54) is 64.8 Å². The van der Waals surface area contributed by atoms with Crippen molar-refractivity contribution in [1.82, 2.24) is 10.2 Å². The van der Waals surface area contributed by atoms with E-state index in [4.69, 9.17) is 0 Å². The van der Waals surface area contributed by atoms with Crippen molar-refractivity contribution >= 4 is 0 Å². The van der Waals surface area contributed by atoms with Gasteiger partial charge in [0.15, 0.2) is 0 Å². The summed E-state index contributed by atoms with van der Waals surface area (Å²) in [5.74, 6) is 1.45. The van der Waals surface area contributed by atoms with E-state index in [2.05, 4.69) is 10.2 Å².